The van der Waals surface area contributed by atoms with Crippen LogP contribution in [0.3, 0.4) is 0 Å². The Kier molecular flexibility index (Phi) is 4.98. The topological polar surface area (TPSA) is 97.6 Å². The Balaban J connectivity index is 2.49. The van der Waals surface area contributed by atoms with Crippen molar-refractivity contribution >= 4 is 27.0 Å². The van der Waals surface area contributed by atoms with E-state index in [1.54, 1.807) is 17.0 Å². The Morgan fingerprint density at radius 2 is 1.96 bits per heavy atom. The number of Topliss-reactive ketones (excluding diaryl/α,β-unsaturated/α-hetero) is 1. The van der Waals surface area contributed by atoms with Gasteiger partial charge in [0.2, 0.25) is 0 Å². The zero-order valence-corrected chi connectivity index (χ0v) is 14.9. The highest BCUT2D eigenvalue weighted by molar-refractivity contribution is 7.92. The van der Waals surface area contributed by atoms with Gasteiger partial charge in [0.15, 0.2) is 15.6 Å². The molecule has 0 N–H and O–H groups in total. The number of nitro groups is 1. The number of carbonyl (C=O) groups excluding carboxylic acids is 1. The SMILES string of the molecule is CCC1(CC)CN(c2ccc(C(C)=O)cc2[N+](=O)[O-])CCS1(=O)=O. The number of hydrogen-bond acceptors (Lipinski definition) is 6. The van der Waals surface area contributed by atoms with E-state index in [4.69, 9.17) is 0 Å². The minimum atomic E-state index is -3.25. The minimum absolute atomic E-state index is 0.0275. The molecule has 0 aromatic heterocycles. The lowest BCUT2D eigenvalue weighted by atomic mass is 10.00. The molecule has 0 bridgehead atoms. The summed E-state index contributed by atoms with van der Waals surface area (Å²) in [7, 11) is -3.25. The predicted octanol–water partition coefficient (Wildman–Crippen LogP) is 2.59. The fraction of sp³-hybridized carbons (Fsp3) is 0.562. The molecule has 0 atom stereocenters. The first-order valence-corrected chi connectivity index (χ1v) is 9.59. The average Bonchev–Trinajstić information content (AvgIpc) is 2.54. The molecular weight excluding hydrogens is 332 g/mol. The number of nitrogens with zero attached hydrogens (tertiary/aromatic N) is 2. The van der Waals surface area contributed by atoms with Crippen molar-refractivity contribution in [3.05, 3.63) is 33.9 Å². The van der Waals surface area contributed by atoms with Crippen molar-refractivity contribution in [2.45, 2.75) is 38.4 Å². The van der Waals surface area contributed by atoms with Gasteiger partial charge in [-0.15, -0.1) is 0 Å². The molecule has 132 valence electrons. The summed E-state index contributed by atoms with van der Waals surface area (Å²) in [6, 6.07) is 4.36. The van der Waals surface area contributed by atoms with E-state index < -0.39 is 19.5 Å². The van der Waals surface area contributed by atoms with Crippen LogP contribution in [0.5, 0.6) is 0 Å². The van der Waals surface area contributed by atoms with Crippen LogP contribution in [0, 0.1) is 10.1 Å². The van der Waals surface area contributed by atoms with Crippen LogP contribution in [0.15, 0.2) is 18.2 Å². The van der Waals surface area contributed by atoms with Crippen molar-refractivity contribution < 1.29 is 18.1 Å². The van der Waals surface area contributed by atoms with Gasteiger partial charge in [0, 0.05) is 24.7 Å². The molecule has 0 spiro atoms. The summed E-state index contributed by atoms with van der Waals surface area (Å²) in [5.74, 6) is -0.275. The van der Waals surface area contributed by atoms with Crippen LogP contribution >= 0.6 is 0 Å². The third kappa shape index (κ3) is 3.02. The molecule has 0 saturated carbocycles. The molecule has 1 saturated heterocycles. The van der Waals surface area contributed by atoms with E-state index in [1.165, 1.54) is 13.0 Å². The molecular formula is C16H22N2O5S. The fourth-order valence-corrected chi connectivity index (χ4v) is 5.37. The van der Waals surface area contributed by atoms with Crippen LogP contribution in [-0.4, -0.2) is 42.7 Å². The molecule has 0 aliphatic carbocycles. The number of anilines is 1. The largest absolute Gasteiger partial charge is 0.363 e. The Morgan fingerprint density at radius 3 is 2.46 bits per heavy atom. The van der Waals surface area contributed by atoms with Gasteiger partial charge < -0.3 is 4.90 Å². The van der Waals surface area contributed by atoms with E-state index in [0.717, 1.165) is 0 Å². The Hall–Kier alpha value is -1.96. The zero-order chi connectivity index (χ0) is 18.1. The monoisotopic (exact) mass is 354 g/mol. The maximum Gasteiger partial charge on any atom is 0.293 e. The van der Waals surface area contributed by atoms with Gasteiger partial charge in [0.05, 0.1) is 15.4 Å². The van der Waals surface area contributed by atoms with E-state index in [-0.39, 0.29) is 35.9 Å². The molecule has 2 rings (SSSR count). The number of carbonyl (C=O) groups is 1. The van der Waals surface area contributed by atoms with Crippen LogP contribution < -0.4 is 4.90 Å². The standard InChI is InChI=1S/C16H22N2O5S/c1-4-16(5-2)11-17(8-9-24(16,22)23)14-7-6-13(12(3)19)10-15(14)18(20)21/h6-7,10H,4-5,8-9,11H2,1-3H3. The van der Waals surface area contributed by atoms with Gasteiger partial charge in [-0.2, -0.15) is 0 Å². The summed E-state index contributed by atoms with van der Waals surface area (Å²) < 4.78 is 24.1. The van der Waals surface area contributed by atoms with Crippen LogP contribution in [-0.2, 0) is 9.84 Å². The van der Waals surface area contributed by atoms with E-state index in [0.29, 0.717) is 18.5 Å². The third-order valence-corrected chi connectivity index (χ3v) is 7.72. The second kappa shape index (κ2) is 6.51. The van der Waals surface area contributed by atoms with Gasteiger partial charge in [-0.05, 0) is 31.9 Å². The van der Waals surface area contributed by atoms with E-state index >= 15 is 0 Å². The van der Waals surface area contributed by atoms with Crippen molar-refractivity contribution in [1.82, 2.24) is 0 Å². The number of hydrogen-bond donors (Lipinski definition) is 0. The fourth-order valence-electron chi connectivity index (χ4n) is 3.25. The number of sulfone groups is 1. The summed E-state index contributed by atoms with van der Waals surface area (Å²) in [4.78, 5) is 24.1. The summed E-state index contributed by atoms with van der Waals surface area (Å²) in [6.07, 6.45) is 0.920. The molecule has 1 fully saturated rings. The van der Waals surface area contributed by atoms with Gasteiger partial charge in [0.1, 0.15) is 5.69 Å². The highest BCUT2D eigenvalue weighted by Gasteiger charge is 2.46. The maximum atomic E-state index is 12.5. The highest BCUT2D eigenvalue weighted by atomic mass is 32.2. The van der Waals surface area contributed by atoms with Crippen molar-refractivity contribution in [2.24, 2.45) is 0 Å². The minimum Gasteiger partial charge on any atom is -0.363 e. The predicted molar refractivity (Wildman–Crippen MR) is 92.4 cm³/mol. The van der Waals surface area contributed by atoms with Crippen LogP contribution in [0.25, 0.3) is 0 Å². The number of nitro benzene ring substituents is 1. The molecule has 0 unspecified atom stereocenters. The second-order valence-corrected chi connectivity index (χ2v) is 8.65. The number of rotatable bonds is 5. The molecule has 1 heterocycles. The molecule has 1 aromatic rings. The first kappa shape index (κ1) is 18.4. The highest BCUT2D eigenvalue weighted by Crippen LogP contribution is 2.37. The lowest BCUT2D eigenvalue weighted by Gasteiger charge is -2.42. The molecule has 1 aliphatic rings. The molecule has 7 nitrogen and oxygen atoms in total. The van der Waals surface area contributed by atoms with E-state index in [1.807, 2.05) is 13.8 Å². The molecule has 8 heteroatoms. The summed E-state index contributed by atoms with van der Waals surface area (Å²) in [5, 5.41) is 11.4. The maximum absolute atomic E-state index is 12.5. The van der Waals surface area contributed by atoms with Crippen molar-refractivity contribution in [3.63, 3.8) is 0 Å². The second-order valence-electron chi connectivity index (χ2n) is 6.15. The quantitative estimate of drug-likeness (QED) is 0.458. The number of benzene rings is 1. The smallest absolute Gasteiger partial charge is 0.293 e. The first-order valence-electron chi connectivity index (χ1n) is 7.94. The lowest BCUT2D eigenvalue weighted by Crippen LogP contribution is -2.56. The van der Waals surface area contributed by atoms with Gasteiger partial charge in [-0.3, -0.25) is 14.9 Å². The normalized spacial score (nSPS) is 19.0. The van der Waals surface area contributed by atoms with Gasteiger partial charge in [0.25, 0.3) is 5.69 Å². The van der Waals surface area contributed by atoms with Crippen LogP contribution in [0.1, 0.15) is 44.0 Å². The van der Waals surface area contributed by atoms with E-state index in [2.05, 4.69) is 0 Å². The van der Waals surface area contributed by atoms with Gasteiger partial charge in [-0.1, -0.05) is 13.8 Å². The molecule has 1 aliphatic heterocycles. The van der Waals surface area contributed by atoms with Crippen LogP contribution in [0.2, 0.25) is 0 Å². The third-order valence-electron chi connectivity index (χ3n) is 4.98. The van der Waals surface area contributed by atoms with Crippen LogP contribution in [0.4, 0.5) is 11.4 Å². The summed E-state index contributed by atoms with van der Waals surface area (Å²) in [5.41, 5.74) is 0.474. The molecule has 0 radical (unpaired) electrons. The van der Waals surface area contributed by atoms with E-state index in [9.17, 15) is 23.3 Å². The number of ketones is 1. The van der Waals surface area contributed by atoms with Crippen molar-refractivity contribution in [2.75, 3.05) is 23.7 Å². The zero-order valence-electron chi connectivity index (χ0n) is 14.1. The Morgan fingerprint density at radius 1 is 1.33 bits per heavy atom. The first-order chi connectivity index (χ1) is 11.2. The molecule has 1 aromatic carbocycles. The Labute approximate surface area is 141 Å². The molecule has 24 heavy (non-hydrogen) atoms. The lowest BCUT2D eigenvalue weighted by molar-refractivity contribution is -0.384. The molecule has 0 amide bonds. The van der Waals surface area contributed by atoms with Gasteiger partial charge >= 0.3 is 0 Å². The Bertz CT molecular complexity index is 769. The summed E-state index contributed by atoms with van der Waals surface area (Å²) >= 11 is 0. The average molecular weight is 354 g/mol. The van der Waals surface area contributed by atoms with Crippen molar-refractivity contribution in [1.29, 1.82) is 0 Å². The van der Waals surface area contributed by atoms with Crippen molar-refractivity contribution in [3.8, 4) is 0 Å². The summed E-state index contributed by atoms with van der Waals surface area (Å²) in [6.45, 7) is 5.45. The van der Waals surface area contributed by atoms with Gasteiger partial charge in [-0.25, -0.2) is 8.42 Å².